The van der Waals surface area contributed by atoms with Gasteiger partial charge in [0, 0.05) is 35.0 Å². The Balaban J connectivity index is 4.92. The van der Waals surface area contributed by atoms with Crippen LogP contribution in [0, 0.1) is 0 Å². The molecule has 6 heteroatoms. The zero-order valence-corrected chi connectivity index (χ0v) is 11.7. The molecule has 0 aromatic carbocycles. The van der Waals surface area contributed by atoms with E-state index in [1.54, 1.807) is 0 Å². The molecule has 0 fully saturated rings. The molecular weight excluding hydrogens is 204 g/mol. The Kier molecular flexibility index (Phi) is 5.80. The van der Waals surface area contributed by atoms with Crippen LogP contribution in [0.5, 0.6) is 0 Å². The van der Waals surface area contributed by atoms with E-state index in [0.29, 0.717) is 16.8 Å². The van der Waals surface area contributed by atoms with Gasteiger partial charge >= 0.3 is 5.97 Å². The topological polar surface area (TPSA) is 46.2 Å². The minimum Gasteiger partial charge on any atom is -0.351 e. The molecule has 0 heterocycles. The summed E-state index contributed by atoms with van der Waals surface area (Å²) in [5.74, 6) is -1.29. The van der Waals surface area contributed by atoms with E-state index >= 15 is 0 Å². The molecule has 0 saturated carbocycles. The molecule has 0 radical (unpaired) electrons. The first-order chi connectivity index (χ1) is 6.55. The van der Waals surface area contributed by atoms with E-state index in [1.165, 1.54) is 28.4 Å². The standard InChI is InChI=1S/C8H20O5Si/c1-6-13-7(9-2,10-3)8(14,11-4)12-5/h6H2,1-5,14H3. The van der Waals surface area contributed by atoms with Crippen LogP contribution in [-0.2, 0) is 23.7 Å². The molecule has 5 nitrogen and oxygen atoms in total. The van der Waals surface area contributed by atoms with Gasteiger partial charge in [0.2, 0.25) is 5.41 Å². The normalized spacial score (nSPS) is 13.5. The van der Waals surface area contributed by atoms with Crippen LogP contribution in [0.15, 0.2) is 0 Å². The maximum atomic E-state index is 5.42. The SMILES string of the molecule is CCOC(OC)(OC)C([SiH3])(OC)OC. The number of ether oxygens (including phenoxy) is 5. The quantitative estimate of drug-likeness (QED) is 0.422. The summed E-state index contributed by atoms with van der Waals surface area (Å²) in [5, 5.41) is 0. The van der Waals surface area contributed by atoms with Gasteiger partial charge in [-0.15, -0.1) is 0 Å². The molecule has 0 aromatic heterocycles. The summed E-state index contributed by atoms with van der Waals surface area (Å²) in [4.78, 5) is 0. The lowest BCUT2D eigenvalue weighted by atomic mass is 10.5. The predicted octanol–water partition coefficient (Wildman–Crippen LogP) is -0.719. The lowest BCUT2D eigenvalue weighted by Crippen LogP contribution is -2.61. The molecule has 0 unspecified atom stereocenters. The third kappa shape index (κ3) is 2.33. The number of rotatable bonds is 7. The fraction of sp³-hybridized carbons (Fsp3) is 1.00. The van der Waals surface area contributed by atoms with Crippen molar-refractivity contribution in [3.05, 3.63) is 0 Å². The first-order valence-corrected chi connectivity index (χ1v) is 5.40. The predicted molar refractivity (Wildman–Crippen MR) is 55.1 cm³/mol. The molecule has 0 aliphatic carbocycles. The minimum atomic E-state index is -1.29. The van der Waals surface area contributed by atoms with Gasteiger partial charge in [-0.1, -0.05) is 0 Å². The van der Waals surface area contributed by atoms with Crippen LogP contribution < -0.4 is 0 Å². The Bertz CT molecular complexity index is 156. The Morgan fingerprint density at radius 3 is 1.57 bits per heavy atom. The maximum absolute atomic E-state index is 5.42. The van der Waals surface area contributed by atoms with Crippen LogP contribution >= 0.6 is 0 Å². The van der Waals surface area contributed by atoms with Crippen LogP contribution in [0.2, 0.25) is 0 Å². The van der Waals surface area contributed by atoms with Gasteiger partial charge in [0.15, 0.2) is 0 Å². The molecule has 0 amide bonds. The van der Waals surface area contributed by atoms with Gasteiger partial charge in [-0.2, -0.15) is 0 Å². The van der Waals surface area contributed by atoms with E-state index in [4.69, 9.17) is 23.7 Å². The molecular formula is C8H20O5Si. The van der Waals surface area contributed by atoms with Gasteiger partial charge < -0.3 is 23.7 Å². The van der Waals surface area contributed by atoms with Gasteiger partial charge in [-0.25, -0.2) is 0 Å². The second-order valence-electron chi connectivity index (χ2n) is 2.75. The molecule has 0 aliphatic heterocycles. The highest BCUT2D eigenvalue weighted by Gasteiger charge is 2.52. The van der Waals surface area contributed by atoms with Crippen LogP contribution in [0.4, 0.5) is 0 Å². The summed E-state index contributed by atoms with van der Waals surface area (Å²) in [6.07, 6.45) is 0. The van der Waals surface area contributed by atoms with Crippen LogP contribution in [0.1, 0.15) is 6.92 Å². The highest BCUT2D eigenvalue weighted by molar-refractivity contribution is 6.14. The molecule has 86 valence electrons. The number of hydrogen-bond acceptors (Lipinski definition) is 5. The first kappa shape index (κ1) is 14.0. The molecule has 14 heavy (non-hydrogen) atoms. The summed E-state index contributed by atoms with van der Waals surface area (Å²) in [6.45, 7) is 2.29. The smallest absolute Gasteiger partial charge is 0.334 e. The van der Waals surface area contributed by atoms with Crippen molar-refractivity contribution >= 4 is 10.2 Å². The number of methoxy groups -OCH3 is 4. The Morgan fingerprint density at radius 2 is 1.36 bits per heavy atom. The molecule has 0 spiro atoms. The van der Waals surface area contributed by atoms with Crippen molar-refractivity contribution in [2.45, 2.75) is 18.3 Å². The third-order valence-corrected chi connectivity index (χ3v) is 3.64. The summed E-state index contributed by atoms with van der Waals surface area (Å²) in [5.41, 5.74) is -0.980. The number of hydrogen-bond donors (Lipinski definition) is 0. The van der Waals surface area contributed by atoms with Crippen LogP contribution in [0.25, 0.3) is 0 Å². The summed E-state index contributed by atoms with van der Waals surface area (Å²) < 4.78 is 26.3. The fourth-order valence-electron chi connectivity index (χ4n) is 1.23. The van der Waals surface area contributed by atoms with Crippen molar-refractivity contribution in [2.24, 2.45) is 0 Å². The van der Waals surface area contributed by atoms with Crippen molar-refractivity contribution < 1.29 is 23.7 Å². The zero-order valence-electron chi connectivity index (χ0n) is 9.75. The highest BCUT2D eigenvalue weighted by atomic mass is 28.1. The molecule has 0 rings (SSSR count). The van der Waals surface area contributed by atoms with E-state index in [-0.39, 0.29) is 0 Å². The van der Waals surface area contributed by atoms with Gasteiger partial charge in [0.05, 0.1) is 10.2 Å². The van der Waals surface area contributed by atoms with E-state index in [1.807, 2.05) is 6.92 Å². The fourth-order valence-corrected chi connectivity index (χ4v) is 1.78. The monoisotopic (exact) mass is 224 g/mol. The van der Waals surface area contributed by atoms with Crippen molar-refractivity contribution in [1.29, 1.82) is 0 Å². The largest absolute Gasteiger partial charge is 0.351 e. The second kappa shape index (κ2) is 5.79. The molecule has 0 atom stereocenters. The highest BCUT2D eigenvalue weighted by Crippen LogP contribution is 2.29. The average Bonchev–Trinajstić information content (AvgIpc) is 2.24. The lowest BCUT2D eigenvalue weighted by Gasteiger charge is -2.42. The third-order valence-electron chi connectivity index (χ3n) is 2.21. The summed E-state index contributed by atoms with van der Waals surface area (Å²) >= 11 is 0. The first-order valence-electron chi connectivity index (χ1n) is 4.40. The molecule has 0 N–H and O–H groups in total. The average molecular weight is 224 g/mol. The van der Waals surface area contributed by atoms with Crippen molar-refractivity contribution in [3.63, 3.8) is 0 Å². The van der Waals surface area contributed by atoms with Crippen LogP contribution in [-0.4, -0.2) is 56.7 Å². The van der Waals surface area contributed by atoms with Crippen molar-refractivity contribution in [3.8, 4) is 0 Å². The van der Waals surface area contributed by atoms with Gasteiger partial charge in [0.25, 0.3) is 0 Å². The molecule has 0 saturated heterocycles. The zero-order chi connectivity index (χ0) is 11.2. The Labute approximate surface area is 88.0 Å². The molecule has 0 aliphatic rings. The Hall–Kier alpha value is 0.0169. The van der Waals surface area contributed by atoms with E-state index < -0.39 is 11.4 Å². The van der Waals surface area contributed by atoms with E-state index in [2.05, 4.69) is 0 Å². The van der Waals surface area contributed by atoms with Gasteiger partial charge in [-0.05, 0) is 6.92 Å². The maximum Gasteiger partial charge on any atom is 0.334 e. The molecule has 0 bridgehead atoms. The Morgan fingerprint density at radius 1 is 0.929 bits per heavy atom. The van der Waals surface area contributed by atoms with Gasteiger partial charge in [-0.3, -0.25) is 0 Å². The van der Waals surface area contributed by atoms with Crippen molar-refractivity contribution in [2.75, 3.05) is 35.0 Å². The lowest BCUT2D eigenvalue weighted by molar-refractivity contribution is -0.453. The van der Waals surface area contributed by atoms with Crippen molar-refractivity contribution in [1.82, 2.24) is 0 Å². The molecule has 0 aromatic rings. The van der Waals surface area contributed by atoms with E-state index in [0.717, 1.165) is 0 Å². The van der Waals surface area contributed by atoms with E-state index in [9.17, 15) is 0 Å². The summed E-state index contributed by atoms with van der Waals surface area (Å²) in [6, 6.07) is 0. The van der Waals surface area contributed by atoms with Crippen LogP contribution in [0.3, 0.4) is 0 Å². The van der Waals surface area contributed by atoms with Gasteiger partial charge in [0.1, 0.15) is 0 Å². The second-order valence-corrected chi connectivity index (χ2v) is 4.07. The minimum absolute atomic E-state index is 0.443. The summed E-state index contributed by atoms with van der Waals surface area (Å²) in [7, 11) is 6.58.